The molecule has 0 aromatic carbocycles. The van der Waals surface area contributed by atoms with Gasteiger partial charge in [0, 0.05) is 19.0 Å². The van der Waals surface area contributed by atoms with Gasteiger partial charge in [-0.2, -0.15) is 0 Å². The van der Waals surface area contributed by atoms with Gasteiger partial charge in [-0.05, 0) is 67.6 Å². The highest BCUT2D eigenvalue weighted by molar-refractivity contribution is 5.79. The lowest BCUT2D eigenvalue weighted by molar-refractivity contribution is -0.135. The Balaban J connectivity index is 1.32. The van der Waals surface area contributed by atoms with Gasteiger partial charge in [0.2, 0.25) is 5.91 Å². The number of fused-ring (bicyclic) bond motifs is 1. The predicted octanol–water partition coefficient (Wildman–Crippen LogP) is 3.32. The van der Waals surface area contributed by atoms with Crippen molar-refractivity contribution in [2.45, 2.75) is 51.4 Å². The molecule has 6 atom stereocenters. The summed E-state index contributed by atoms with van der Waals surface area (Å²) in [5.74, 6) is 6.87. The zero-order valence-electron chi connectivity index (χ0n) is 12.5. The predicted molar refractivity (Wildman–Crippen MR) is 77.9 cm³/mol. The first-order valence-electron chi connectivity index (χ1n) is 9.11. The fourth-order valence-corrected chi connectivity index (χ4v) is 6.64. The third kappa shape index (κ3) is 1.60. The Hall–Kier alpha value is -0.530. The lowest BCUT2D eigenvalue weighted by Gasteiger charge is -2.44. The van der Waals surface area contributed by atoms with Gasteiger partial charge in [0.1, 0.15) is 0 Å². The second-order valence-corrected chi connectivity index (χ2v) is 8.37. The van der Waals surface area contributed by atoms with Crippen LogP contribution in [0.4, 0.5) is 0 Å². The maximum absolute atomic E-state index is 12.8. The Kier molecular flexibility index (Phi) is 2.56. The van der Waals surface area contributed by atoms with Crippen molar-refractivity contribution < 1.29 is 4.79 Å². The van der Waals surface area contributed by atoms with Gasteiger partial charge in [-0.15, -0.1) is 0 Å². The van der Waals surface area contributed by atoms with Gasteiger partial charge in [0.15, 0.2) is 0 Å². The molecule has 1 aliphatic heterocycles. The Bertz CT molecular complexity index is 403. The van der Waals surface area contributed by atoms with Gasteiger partial charge in [-0.1, -0.05) is 19.3 Å². The van der Waals surface area contributed by atoms with Crippen LogP contribution in [0, 0.1) is 41.4 Å². The number of hydrogen-bond acceptors (Lipinski definition) is 1. The Morgan fingerprint density at radius 3 is 1.90 bits per heavy atom. The number of likely N-dealkylation sites (tertiary alicyclic amines) is 1. The summed E-state index contributed by atoms with van der Waals surface area (Å²) in [6.07, 6.45) is 10.8. The Morgan fingerprint density at radius 1 is 0.700 bits per heavy atom. The molecule has 1 saturated heterocycles. The van der Waals surface area contributed by atoms with Gasteiger partial charge in [0.05, 0.1) is 0 Å². The maximum Gasteiger partial charge on any atom is 0.225 e. The van der Waals surface area contributed by atoms with Crippen LogP contribution in [0.25, 0.3) is 0 Å². The third-order valence-electron chi connectivity index (χ3n) is 7.60. The van der Waals surface area contributed by atoms with Crippen LogP contribution in [0.15, 0.2) is 0 Å². The number of rotatable bonds is 1. The molecule has 2 bridgehead atoms. The SMILES string of the molecule is O=C(C1CCCCC1)N1CC2C3CCC(C4CC34)C2C1. The molecule has 5 saturated carbocycles. The second-order valence-electron chi connectivity index (χ2n) is 8.37. The van der Waals surface area contributed by atoms with E-state index in [-0.39, 0.29) is 0 Å². The standard InChI is InChI=1S/C18H27NO/c20-18(11-4-2-1-3-5-11)19-9-16-12-6-7-13(17(16)10-19)15-8-14(12)15/h11-17H,1-10H2. The highest BCUT2D eigenvalue weighted by Crippen LogP contribution is 2.67. The van der Waals surface area contributed by atoms with Gasteiger partial charge in [0.25, 0.3) is 0 Å². The van der Waals surface area contributed by atoms with E-state index in [0.717, 1.165) is 48.6 Å². The lowest BCUT2D eigenvalue weighted by Crippen LogP contribution is -2.40. The van der Waals surface area contributed by atoms with E-state index in [1.54, 1.807) is 6.42 Å². The highest BCUT2D eigenvalue weighted by atomic mass is 16.2. The average Bonchev–Trinajstić information content (AvgIpc) is 3.20. The van der Waals surface area contributed by atoms with E-state index in [9.17, 15) is 4.79 Å². The summed E-state index contributed by atoms with van der Waals surface area (Å²) in [5.41, 5.74) is 0. The summed E-state index contributed by atoms with van der Waals surface area (Å²) in [7, 11) is 0. The van der Waals surface area contributed by atoms with E-state index in [0.29, 0.717) is 11.8 Å². The van der Waals surface area contributed by atoms with Crippen molar-refractivity contribution >= 4 is 5.91 Å². The molecule has 6 aliphatic rings. The van der Waals surface area contributed by atoms with Crippen molar-refractivity contribution in [2.24, 2.45) is 41.4 Å². The molecule has 1 amide bonds. The molecule has 0 radical (unpaired) electrons. The monoisotopic (exact) mass is 273 g/mol. The molecule has 0 spiro atoms. The van der Waals surface area contributed by atoms with Crippen LogP contribution in [0.2, 0.25) is 0 Å². The molecule has 0 aromatic heterocycles. The van der Waals surface area contributed by atoms with Crippen molar-refractivity contribution in [1.82, 2.24) is 4.90 Å². The number of carbonyl (C=O) groups is 1. The molecule has 2 heteroatoms. The molecule has 5 aliphatic carbocycles. The van der Waals surface area contributed by atoms with Crippen molar-refractivity contribution in [1.29, 1.82) is 0 Å². The first-order chi connectivity index (χ1) is 9.83. The van der Waals surface area contributed by atoms with E-state index < -0.39 is 0 Å². The molecule has 0 aromatic rings. The summed E-state index contributed by atoms with van der Waals surface area (Å²) in [6.45, 7) is 2.26. The Labute approximate surface area is 122 Å². The maximum atomic E-state index is 12.8. The molecule has 2 nitrogen and oxygen atoms in total. The molecule has 6 unspecified atom stereocenters. The smallest absolute Gasteiger partial charge is 0.225 e. The summed E-state index contributed by atoms with van der Waals surface area (Å²) >= 11 is 0. The van der Waals surface area contributed by atoms with Gasteiger partial charge >= 0.3 is 0 Å². The second kappa shape index (κ2) is 4.24. The minimum Gasteiger partial charge on any atom is -0.342 e. The number of amides is 1. The zero-order chi connectivity index (χ0) is 13.3. The van der Waals surface area contributed by atoms with Gasteiger partial charge in [-0.3, -0.25) is 4.79 Å². The largest absolute Gasteiger partial charge is 0.342 e. The number of hydrogen-bond donors (Lipinski definition) is 0. The fourth-order valence-electron chi connectivity index (χ4n) is 6.64. The molecule has 110 valence electrons. The average molecular weight is 273 g/mol. The van der Waals surface area contributed by atoms with Crippen molar-refractivity contribution in [3.63, 3.8) is 0 Å². The van der Waals surface area contributed by atoms with Crippen LogP contribution < -0.4 is 0 Å². The minimum absolute atomic E-state index is 0.385. The quantitative estimate of drug-likeness (QED) is 0.717. The molecule has 6 fully saturated rings. The summed E-state index contributed by atoms with van der Waals surface area (Å²) in [5, 5.41) is 0. The first-order valence-corrected chi connectivity index (χ1v) is 9.11. The normalized spacial score (nSPS) is 49.9. The zero-order valence-corrected chi connectivity index (χ0v) is 12.5. The van der Waals surface area contributed by atoms with Gasteiger partial charge in [-0.25, -0.2) is 0 Å². The van der Waals surface area contributed by atoms with Crippen LogP contribution in [0.1, 0.15) is 51.4 Å². The van der Waals surface area contributed by atoms with E-state index in [2.05, 4.69) is 4.90 Å². The molecular weight excluding hydrogens is 246 g/mol. The number of carbonyl (C=O) groups excluding carboxylic acids is 1. The molecule has 0 N–H and O–H groups in total. The van der Waals surface area contributed by atoms with Crippen LogP contribution in [0.3, 0.4) is 0 Å². The van der Waals surface area contributed by atoms with Gasteiger partial charge < -0.3 is 4.90 Å². The summed E-state index contributed by atoms with van der Waals surface area (Å²) < 4.78 is 0. The molecule has 1 heterocycles. The van der Waals surface area contributed by atoms with Crippen molar-refractivity contribution in [2.75, 3.05) is 13.1 Å². The molecule has 20 heavy (non-hydrogen) atoms. The third-order valence-corrected chi connectivity index (χ3v) is 7.60. The summed E-state index contributed by atoms with van der Waals surface area (Å²) in [6, 6.07) is 0. The van der Waals surface area contributed by atoms with Crippen LogP contribution >= 0.6 is 0 Å². The number of nitrogens with zero attached hydrogens (tertiary/aromatic N) is 1. The lowest BCUT2D eigenvalue weighted by atomic mass is 9.60. The van der Waals surface area contributed by atoms with Crippen molar-refractivity contribution in [3.05, 3.63) is 0 Å². The summed E-state index contributed by atoms with van der Waals surface area (Å²) in [4.78, 5) is 15.1. The molecular formula is C18H27NO. The van der Waals surface area contributed by atoms with Crippen LogP contribution in [0.5, 0.6) is 0 Å². The van der Waals surface area contributed by atoms with E-state index in [1.165, 1.54) is 44.9 Å². The molecule has 6 rings (SSSR count). The van der Waals surface area contributed by atoms with Crippen LogP contribution in [-0.2, 0) is 4.79 Å². The Morgan fingerprint density at radius 2 is 1.30 bits per heavy atom. The van der Waals surface area contributed by atoms with E-state index >= 15 is 0 Å². The van der Waals surface area contributed by atoms with Crippen molar-refractivity contribution in [3.8, 4) is 0 Å². The van der Waals surface area contributed by atoms with Crippen LogP contribution in [-0.4, -0.2) is 23.9 Å². The van der Waals surface area contributed by atoms with E-state index in [1.807, 2.05) is 0 Å². The van der Waals surface area contributed by atoms with E-state index in [4.69, 9.17) is 0 Å². The highest BCUT2D eigenvalue weighted by Gasteiger charge is 2.63. The first kappa shape index (κ1) is 12.1. The fraction of sp³-hybridized carbons (Fsp3) is 0.944. The topological polar surface area (TPSA) is 20.3 Å². The minimum atomic E-state index is 0.385.